The van der Waals surface area contributed by atoms with E-state index in [0.717, 1.165) is 17.1 Å². The minimum absolute atomic E-state index is 0.479. The maximum Gasteiger partial charge on any atom is 0.323 e. The van der Waals surface area contributed by atoms with Crippen molar-refractivity contribution in [2.75, 3.05) is 13.1 Å². The van der Waals surface area contributed by atoms with E-state index in [1.54, 1.807) is 0 Å². The van der Waals surface area contributed by atoms with Gasteiger partial charge in [-0.1, -0.05) is 29.8 Å². The SMILES string of the molecule is NC1(C(=O)O)CCN(Cc2ccccc2Cl)CC1. The van der Waals surface area contributed by atoms with Gasteiger partial charge in [-0.3, -0.25) is 9.69 Å². The van der Waals surface area contributed by atoms with Crippen molar-refractivity contribution in [2.45, 2.75) is 24.9 Å². The quantitative estimate of drug-likeness (QED) is 0.876. The lowest BCUT2D eigenvalue weighted by Gasteiger charge is -2.36. The normalized spacial score (nSPS) is 19.7. The summed E-state index contributed by atoms with van der Waals surface area (Å²) in [5.74, 6) is -0.903. The molecule has 1 saturated heterocycles. The molecule has 18 heavy (non-hydrogen) atoms. The van der Waals surface area contributed by atoms with Gasteiger partial charge in [0.2, 0.25) is 0 Å². The first-order valence-electron chi connectivity index (χ1n) is 5.99. The molecule has 1 fully saturated rings. The van der Waals surface area contributed by atoms with Crippen molar-refractivity contribution in [3.05, 3.63) is 34.9 Å². The summed E-state index contributed by atoms with van der Waals surface area (Å²) in [5, 5.41) is 9.80. The van der Waals surface area contributed by atoms with Crippen LogP contribution in [0.3, 0.4) is 0 Å². The Hall–Kier alpha value is -1.10. The number of carboxylic acid groups (broad SMARTS) is 1. The van der Waals surface area contributed by atoms with E-state index in [1.807, 2.05) is 24.3 Å². The number of hydrogen-bond acceptors (Lipinski definition) is 3. The molecule has 0 bridgehead atoms. The average molecular weight is 269 g/mol. The highest BCUT2D eigenvalue weighted by molar-refractivity contribution is 6.31. The molecule has 0 spiro atoms. The van der Waals surface area contributed by atoms with E-state index in [1.165, 1.54) is 0 Å². The number of likely N-dealkylation sites (tertiary alicyclic amines) is 1. The van der Waals surface area contributed by atoms with E-state index >= 15 is 0 Å². The summed E-state index contributed by atoms with van der Waals surface area (Å²) in [7, 11) is 0. The molecular formula is C13H17ClN2O2. The second-order valence-electron chi connectivity index (χ2n) is 4.83. The fourth-order valence-electron chi connectivity index (χ4n) is 2.19. The highest BCUT2D eigenvalue weighted by Crippen LogP contribution is 2.23. The van der Waals surface area contributed by atoms with Gasteiger partial charge in [-0.2, -0.15) is 0 Å². The van der Waals surface area contributed by atoms with Crippen molar-refractivity contribution < 1.29 is 9.90 Å². The summed E-state index contributed by atoms with van der Waals surface area (Å²) < 4.78 is 0. The lowest BCUT2D eigenvalue weighted by Crippen LogP contribution is -2.55. The van der Waals surface area contributed by atoms with Gasteiger partial charge in [-0.25, -0.2) is 0 Å². The Morgan fingerprint density at radius 1 is 1.39 bits per heavy atom. The van der Waals surface area contributed by atoms with E-state index < -0.39 is 11.5 Å². The number of rotatable bonds is 3. The Balaban J connectivity index is 1.95. The summed E-state index contributed by atoms with van der Waals surface area (Å²) >= 11 is 6.10. The number of aliphatic carboxylic acids is 1. The smallest absolute Gasteiger partial charge is 0.323 e. The van der Waals surface area contributed by atoms with E-state index in [9.17, 15) is 4.79 Å². The Morgan fingerprint density at radius 3 is 2.56 bits per heavy atom. The number of piperidine rings is 1. The summed E-state index contributed by atoms with van der Waals surface area (Å²) in [6, 6.07) is 7.71. The van der Waals surface area contributed by atoms with Crippen LogP contribution in [0.2, 0.25) is 5.02 Å². The Labute approximate surface area is 111 Å². The fourth-order valence-corrected chi connectivity index (χ4v) is 2.39. The van der Waals surface area contributed by atoms with Crippen LogP contribution in [0.1, 0.15) is 18.4 Å². The van der Waals surface area contributed by atoms with Crippen LogP contribution >= 0.6 is 11.6 Å². The summed E-state index contributed by atoms with van der Waals surface area (Å²) in [6.07, 6.45) is 0.958. The first-order valence-corrected chi connectivity index (χ1v) is 6.37. The van der Waals surface area contributed by atoms with Gasteiger partial charge in [0.25, 0.3) is 0 Å². The average Bonchev–Trinajstić information content (AvgIpc) is 2.35. The molecular weight excluding hydrogens is 252 g/mol. The Morgan fingerprint density at radius 2 is 2.00 bits per heavy atom. The Kier molecular flexibility index (Phi) is 3.90. The topological polar surface area (TPSA) is 66.6 Å². The van der Waals surface area contributed by atoms with Crippen molar-refractivity contribution in [3.63, 3.8) is 0 Å². The van der Waals surface area contributed by atoms with Gasteiger partial charge in [-0.15, -0.1) is 0 Å². The van der Waals surface area contributed by atoms with Gasteiger partial charge >= 0.3 is 5.97 Å². The molecule has 0 radical (unpaired) electrons. The third-order valence-electron chi connectivity index (χ3n) is 3.53. The molecule has 3 N–H and O–H groups in total. The van der Waals surface area contributed by atoms with Crippen LogP contribution in [0.15, 0.2) is 24.3 Å². The minimum Gasteiger partial charge on any atom is -0.480 e. The molecule has 0 aliphatic carbocycles. The number of nitrogens with two attached hydrogens (primary N) is 1. The largest absolute Gasteiger partial charge is 0.480 e. The lowest BCUT2D eigenvalue weighted by molar-refractivity contribution is -0.145. The summed E-state index contributed by atoms with van der Waals surface area (Å²) in [5.41, 5.74) is 5.85. The highest BCUT2D eigenvalue weighted by atomic mass is 35.5. The summed E-state index contributed by atoms with van der Waals surface area (Å²) in [6.45, 7) is 2.12. The molecule has 1 aromatic carbocycles. The molecule has 98 valence electrons. The minimum atomic E-state index is -1.06. The third kappa shape index (κ3) is 2.83. The van der Waals surface area contributed by atoms with Crippen molar-refractivity contribution >= 4 is 17.6 Å². The zero-order valence-electron chi connectivity index (χ0n) is 10.1. The number of hydrogen-bond donors (Lipinski definition) is 2. The van der Waals surface area contributed by atoms with Gasteiger partial charge in [0.1, 0.15) is 5.54 Å². The Bertz CT molecular complexity index is 442. The molecule has 0 amide bonds. The van der Waals surface area contributed by atoms with Crippen LogP contribution < -0.4 is 5.73 Å². The van der Waals surface area contributed by atoms with E-state index in [4.69, 9.17) is 22.4 Å². The van der Waals surface area contributed by atoms with Gasteiger partial charge in [0.05, 0.1) is 0 Å². The predicted octanol–water partition coefficient (Wildman–Crippen LogP) is 1.72. The van der Waals surface area contributed by atoms with E-state index in [2.05, 4.69) is 4.90 Å². The second kappa shape index (κ2) is 5.26. The number of halogens is 1. The molecule has 4 nitrogen and oxygen atoms in total. The van der Waals surface area contributed by atoms with Gasteiger partial charge in [0, 0.05) is 24.7 Å². The fraction of sp³-hybridized carbons (Fsp3) is 0.462. The molecule has 1 heterocycles. The van der Waals surface area contributed by atoms with Crippen LogP contribution in [0, 0.1) is 0 Å². The molecule has 1 aliphatic heterocycles. The molecule has 1 aliphatic rings. The molecule has 1 aromatic rings. The van der Waals surface area contributed by atoms with Gasteiger partial charge in [-0.05, 0) is 24.5 Å². The highest BCUT2D eigenvalue weighted by Gasteiger charge is 2.37. The van der Waals surface area contributed by atoms with Crippen molar-refractivity contribution in [1.82, 2.24) is 4.90 Å². The van der Waals surface area contributed by atoms with Crippen molar-refractivity contribution in [2.24, 2.45) is 5.73 Å². The second-order valence-corrected chi connectivity index (χ2v) is 5.24. The first kappa shape index (κ1) is 13.3. The first-order chi connectivity index (χ1) is 8.51. The van der Waals surface area contributed by atoms with Crippen LogP contribution in [0.4, 0.5) is 0 Å². The maximum atomic E-state index is 11.0. The van der Waals surface area contributed by atoms with Crippen LogP contribution in [-0.4, -0.2) is 34.6 Å². The number of nitrogens with zero attached hydrogens (tertiary/aromatic N) is 1. The van der Waals surface area contributed by atoms with E-state index in [-0.39, 0.29) is 0 Å². The van der Waals surface area contributed by atoms with Crippen molar-refractivity contribution in [1.29, 1.82) is 0 Å². The van der Waals surface area contributed by atoms with Crippen LogP contribution in [-0.2, 0) is 11.3 Å². The number of benzene rings is 1. The molecule has 0 atom stereocenters. The van der Waals surface area contributed by atoms with Crippen LogP contribution in [0.25, 0.3) is 0 Å². The predicted molar refractivity (Wildman–Crippen MR) is 70.5 cm³/mol. The van der Waals surface area contributed by atoms with Crippen molar-refractivity contribution in [3.8, 4) is 0 Å². The number of carboxylic acids is 1. The monoisotopic (exact) mass is 268 g/mol. The third-order valence-corrected chi connectivity index (χ3v) is 3.89. The molecule has 2 rings (SSSR count). The maximum absolute atomic E-state index is 11.0. The molecule has 0 saturated carbocycles. The molecule has 5 heteroatoms. The zero-order chi connectivity index (χ0) is 13.2. The van der Waals surface area contributed by atoms with E-state index in [0.29, 0.717) is 25.9 Å². The lowest BCUT2D eigenvalue weighted by atomic mass is 9.88. The standard InChI is InChI=1S/C13H17ClN2O2/c14-11-4-2-1-3-10(11)9-16-7-5-13(15,6-8-16)12(17)18/h1-4H,5-9,15H2,(H,17,18). The number of carbonyl (C=O) groups is 1. The molecule has 0 aromatic heterocycles. The van der Waals surface area contributed by atoms with Gasteiger partial charge < -0.3 is 10.8 Å². The molecule has 0 unspecified atom stereocenters. The van der Waals surface area contributed by atoms with Gasteiger partial charge in [0.15, 0.2) is 0 Å². The zero-order valence-corrected chi connectivity index (χ0v) is 10.9. The summed E-state index contributed by atoms with van der Waals surface area (Å²) in [4.78, 5) is 13.2. The van der Waals surface area contributed by atoms with Crippen LogP contribution in [0.5, 0.6) is 0 Å².